The molecule has 5 nitrogen and oxygen atoms in total. The summed E-state index contributed by atoms with van der Waals surface area (Å²) in [6.07, 6.45) is 1.82. The van der Waals surface area contributed by atoms with Gasteiger partial charge in [0.05, 0.1) is 12.6 Å². The summed E-state index contributed by atoms with van der Waals surface area (Å²) >= 11 is 0. The largest absolute Gasteiger partial charge is 0.385 e. The number of hydrogen-bond donors (Lipinski definition) is 1. The Balaban J connectivity index is 1.93. The molecule has 0 aromatic heterocycles. The van der Waals surface area contributed by atoms with Gasteiger partial charge in [0.25, 0.3) is 0 Å². The quantitative estimate of drug-likeness (QED) is 0.590. The van der Waals surface area contributed by atoms with Crippen molar-refractivity contribution in [3.05, 3.63) is 0 Å². The minimum Gasteiger partial charge on any atom is -0.385 e. The average Bonchev–Trinajstić information content (AvgIpc) is 2.59. The molecular formula is C11H22N2O3. The van der Waals surface area contributed by atoms with Crippen LogP contribution in [0.15, 0.2) is 0 Å². The zero-order valence-electron chi connectivity index (χ0n) is 10.2. The number of rotatable bonds is 8. The Labute approximate surface area is 97.1 Å². The first-order chi connectivity index (χ1) is 7.75. The number of methoxy groups -OCH3 is 1. The monoisotopic (exact) mass is 230 g/mol. The molecule has 94 valence electrons. The molecule has 0 saturated carbocycles. The van der Waals surface area contributed by atoms with Crippen molar-refractivity contribution in [1.82, 2.24) is 10.2 Å². The maximum atomic E-state index is 11.5. The van der Waals surface area contributed by atoms with Crippen LogP contribution < -0.4 is 5.32 Å². The van der Waals surface area contributed by atoms with Crippen LogP contribution in [0.4, 0.5) is 0 Å². The van der Waals surface area contributed by atoms with Gasteiger partial charge in [0, 0.05) is 40.5 Å². The van der Waals surface area contributed by atoms with Gasteiger partial charge in [0.2, 0.25) is 5.91 Å². The van der Waals surface area contributed by atoms with Crippen LogP contribution in [-0.4, -0.2) is 63.9 Å². The zero-order chi connectivity index (χ0) is 11.8. The van der Waals surface area contributed by atoms with Gasteiger partial charge in [-0.05, 0) is 12.8 Å². The standard InChI is InChI=1S/C11H22N2O3/c1-13-6-4-10(11(13)14)12-5-9-16-8-3-7-15-2/h10,12H,3-9H2,1-2H3. The Morgan fingerprint density at radius 3 is 2.88 bits per heavy atom. The van der Waals surface area contributed by atoms with Crippen molar-refractivity contribution in [2.75, 3.05) is 47.1 Å². The van der Waals surface area contributed by atoms with Crippen molar-refractivity contribution in [1.29, 1.82) is 0 Å². The van der Waals surface area contributed by atoms with Crippen molar-refractivity contribution >= 4 is 5.91 Å². The zero-order valence-corrected chi connectivity index (χ0v) is 10.2. The maximum absolute atomic E-state index is 11.5. The van der Waals surface area contributed by atoms with E-state index in [4.69, 9.17) is 9.47 Å². The van der Waals surface area contributed by atoms with Gasteiger partial charge in [-0.1, -0.05) is 0 Å². The highest BCUT2D eigenvalue weighted by Crippen LogP contribution is 2.07. The summed E-state index contributed by atoms with van der Waals surface area (Å²) in [4.78, 5) is 13.3. The minimum absolute atomic E-state index is 0.00687. The molecule has 1 atom stereocenters. The van der Waals surface area contributed by atoms with Gasteiger partial charge in [0.15, 0.2) is 0 Å². The topological polar surface area (TPSA) is 50.8 Å². The molecule has 1 saturated heterocycles. The van der Waals surface area contributed by atoms with Gasteiger partial charge in [-0.2, -0.15) is 0 Å². The van der Waals surface area contributed by atoms with Crippen LogP contribution in [0.3, 0.4) is 0 Å². The van der Waals surface area contributed by atoms with Gasteiger partial charge in [-0.15, -0.1) is 0 Å². The predicted octanol–water partition coefficient (Wildman–Crippen LogP) is -0.140. The molecular weight excluding hydrogens is 208 g/mol. The van der Waals surface area contributed by atoms with E-state index in [1.807, 2.05) is 7.05 Å². The minimum atomic E-state index is -0.00687. The summed E-state index contributed by atoms with van der Waals surface area (Å²) in [6.45, 7) is 3.69. The molecule has 5 heteroatoms. The molecule has 1 rings (SSSR count). The number of likely N-dealkylation sites (N-methyl/N-ethyl adjacent to an activating group) is 1. The molecule has 0 aromatic rings. The third-order valence-corrected chi connectivity index (χ3v) is 2.70. The Kier molecular flexibility index (Phi) is 6.37. The smallest absolute Gasteiger partial charge is 0.239 e. The molecule has 0 spiro atoms. The van der Waals surface area contributed by atoms with E-state index in [1.54, 1.807) is 12.0 Å². The molecule has 1 amide bonds. The molecule has 0 bridgehead atoms. The van der Waals surface area contributed by atoms with Crippen molar-refractivity contribution in [2.45, 2.75) is 18.9 Å². The third-order valence-electron chi connectivity index (χ3n) is 2.70. The molecule has 1 aliphatic heterocycles. The van der Waals surface area contributed by atoms with Gasteiger partial charge in [-0.3, -0.25) is 4.79 Å². The van der Waals surface area contributed by atoms with Crippen molar-refractivity contribution < 1.29 is 14.3 Å². The Morgan fingerprint density at radius 1 is 1.44 bits per heavy atom. The number of ether oxygens (including phenoxy) is 2. The van der Waals surface area contributed by atoms with E-state index < -0.39 is 0 Å². The molecule has 1 aliphatic rings. The van der Waals surface area contributed by atoms with Gasteiger partial charge in [-0.25, -0.2) is 0 Å². The molecule has 16 heavy (non-hydrogen) atoms. The third kappa shape index (κ3) is 4.47. The summed E-state index contributed by atoms with van der Waals surface area (Å²) < 4.78 is 10.3. The number of amides is 1. The summed E-state index contributed by atoms with van der Waals surface area (Å²) in [5, 5.41) is 3.21. The average molecular weight is 230 g/mol. The number of hydrogen-bond acceptors (Lipinski definition) is 4. The Hall–Kier alpha value is -0.650. The van der Waals surface area contributed by atoms with E-state index in [9.17, 15) is 4.79 Å². The van der Waals surface area contributed by atoms with Crippen molar-refractivity contribution in [3.8, 4) is 0 Å². The molecule has 1 heterocycles. The van der Waals surface area contributed by atoms with Crippen LogP contribution in [0, 0.1) is 0 Å². The first-order valence-corrected chi connectivity index (χ1v) is 5.80. The van der Waals surface area contributed by atoms with Crippen molar-refractivity contribution in [3.63, 3.8) is 0 Å². The molecule has 1 unspecified atom stereocenters. The Bertz CT molecular complexity index is 211. The fourth-order valence-corrected chi connectivity index (χ4v) is 1.72. The van der Waals surface area contributed by atoms with E-state index in [0.717, 1.165) is 32.5 Å². The highest BCUT2D eigenvalue weighted by Gasteiger charge is 2.27. The van der Waals surface area contributed by atoms with Crippen LogP contribution in [0.5, 0.6) is 0 Å². The summed E-state index contributed by atoms with van der Waals surface area (Å²) in [5.74, 6) is 0.194. The molecule has 0 aliphatic carbocycles. The van der Waals surface area contributed by atoms with Crippen LogP contribution in [0.2, 0.25) is 0 Å². The summed E-state index contributed by atoms with van der Waals surface area (Å²) in [6, 6.07) is -0.00687. The SMILES string of the molecule is COCCCOCCNC1CCN(C)C1=O. The predicted molar refractivity (Wildman–Crippen MR) is 61.4 cm³/mol. The first-order valence-electron chi connectivity index (χ1n) is 5.80. The number of nitrogens with zero attached hydrogens (tertiary/aromatic N) is 1. The normalized spacial score (nSPS) is 20.8. The van der Waals surface area contributed by atoms with Crippen molar-refractivity contribution in [2.24, 2.45) is 0 Å². The fourth-order valence-electron chi connectivity index (χ4n) is 1.72. The second-order valence-electron chi connectivity index (χ2n) is 4.01. The second-order valence-corrected chi connectivity index (χ2v) is 4.01. The lowest BCUT2D eigenvalue weighted by molar-refractivity contribution is -0.128. The number of carbonyl (C=O) groups excluding carboxylic acids is 1. The summed E-state index contributed by atoms with van der Waals surface area (Å²) in [5.41, 5.74) is 0. The lowest BCUT2D eigenvalue weighted by atomic mass is 10.2. The highest BCUT2D eigenvalue weighted by molar-refractivity contribution is 5.83. The van der Waals surface area contributed by atoms with E-state index in [0.29, 0.717) is 13.2 Å². The van der Waals surface area contributed by atoms with Crippen LogP contribution in [0.1, 0.15) is 12.8 Å². The first kappa shape index (κ1) is 13.4. The van der Waals surface area contributed by atoms with E-state index in [2.05, 4.69) is 5.32 Å². The lowest BCUT2D eigenvalue weighted by Gasteiger charge is -2.12. The Morgan fingerprint density at radius 2 is 2.25 bits per heavy atom. The van der Waals surface area contributed by atoms with Gasteiger partial charge in [0.1, 0.15) is 0 Å². The second kappa shape index (κ2) is 7.60. The number of nitrogens with one attached hydrogen (secondary N) is 1. The van der Waals surface area contributed by atoms with E-state index in [-0.39, 0.29) is 11.9 Å². The molecule has 0 aromatic carbocycles. The van der Waals surface area contributed by atoms with E-state index >= 15 is 0 Å². The molecule has 1 fully saturated rings. The highest BCUT2D eigenvalue weighted by atomic mass is 16.5. The maximum Gasteiger partial charge on any atom is 0.239 e. The van der Waals surface area contributed by atoms with Crippen LogP contribution in [0.25, 0.3) is 0 Å². The summed E-state index contributed by atoms with van der Waals surface area (Å²) in [7, 11) is 3.52. The fraction of sp³-hybridized carbons (Fsp3) is 0.909. The number of carbonyl (C=O) groups is 1. The number of likely N-dealkylation sites (tertiary alicyclic amines) is 1. The van der Waals surface area contributed by atoms with Gasteiger partial charge < -0.3 is 19.7 Å². The molecule has 0 radical (unpaired) electrons. The lowest BCUT2D eigenvalue weighted by Crippen LogP contribution is -2.38. The molecule has 1 N–H and O–H groups in total. The van der Waals surface area contributed by atoms with Gasteiger partial charge >= 0.3 is 0 Å². The van der Waals surface area contributed by atoms with E-state index in [1.165, 1.54) is 0 Å². The van der Waals surface area contributed by atoms with Crippen LogP contribution >= 0.6 is 0 Å². The van der Waals surface area contributed by atoms with Crippen LogP contribution in [-0.2, 0) is 14.3 Å².